The van der Waals surface area contributed by atoms with Gasteiger partial charge in [0.2, 0.25) is 0 Å². The molecule has 0 aliphatic carbocycles. The SMILES string of the molecule is Cc1ccnc(-c2ccc(-c3ccccc3)c(Cl)c2)c1. The Labute approximate surface area is 123 Å². The van der Waals surface area contributed by atoms with Crippen LogP contribution in [-0.2, 0) is 0 Å². The summed E-state index contributed by atoms with van der Waals surface area (Å²) < 4.78 is 0. The van der Waals surface area contributed by atoms with E-state index in [2.05, 4.69) is 42.2 Å². The summed E-state index contributed by atoms with van der Waals surface area (Å²) in [5, 5.41) is 0.747. The zero-order valence-electron chi connectivity index (χ0n) is 11.2. The summed E-state index contributed by atoms with van der Waals surface area (Å²) in [7, 11) is 0. The summed E-state index contributed by atoms with van der Waals surface area (Å²) in [6.45, 7) is 2.06. The van der Waals surface area contributed by atoms with Crippen LogP contribution in [-0.4, -0.2) is 4.98 Å². The van der Waals surface area contributed by atoms with Crippen molar-refractivity contribution < 1.29 is 0 Å². The molecule has 0 spiro atoms. The van der Waals surface area contributed by atoms with Crippen molar-refractivity contribution in [2.45, 2.75) is 6.92 Å². The molecule has 1 nitrogen and oxygen atoms in total. The van der Waals surface area contributed by atoms with E-state index in [-0.39, 0.29) is 0 Å². The first kappa shape index (κ1) is 12.9. The maximum absolute atomic E-state index is 6.43. The summed E-state index contributed by atoms with van der Waals surface area (Å²) >= 11 is 6.43. The van der Waals surface area contributed by atoms with Gasteiger partial charge in [-0.2, -0.15) is 0 Å². The Kier molecular flexibility index (Phi) is 3.53. The smallest absolute Gasteiger partial charge is 0.0705 e. The number of aromatic nitrogens is 1. The molecule has 0 unspecified atom stereocenters. The summed E-state index contributed by atoms with van der Waals surface area (Å²) in [5.74, 6) is 0. The predicted molar refractivity (Wildman–Crippen MR) is 84.9 cm³/mol. The molecule has 2 heteroatoms. The van der Waals surface area contributed by atoms with Crippen LogP contribution in [0.5, 0.6) is 0 Å². The number of pyridine rings is 1. The molecule has 0 aliphatic heterocycles. The Hall–Kier alpha value is -2.12. The first-order valence-corrected chi connectivity index (χ1v) is 6.90. The average Bonchev–Trinajstić information content (AvgIpc) is 2.48. The third-order valence-electron chi connectivity index (χ3n) is 3.27. The minimum absolute atomic E-state index is 0.747. The van der Waals surface area contributed by atoms with Crippen molar-refractivity contribution in [3.05, 3.63) is 77.4 Å². The predicted octanol–water partition coefficient (Wildman–Crippen LogP) is 5.38. The zero-order valence-corrected chi connectivity index (χ0v) is 11.9. The molecule has 0 radical (unpaired) electrons. The van der Waals surface area contributed by atoms with Crippen molar-refractivity contribution in [3.63, 3.8) is 0 Å². The third-order valence-corrected chi connectivity index (χ3v) is 3.58. The average molecular weight is 280 g/mol. The van der Waals surface area contributed by atoms with Gasteiger partial charge in [-0.05, 0) is 36.2 Å². The van der Waals surface area contributed by atoms with Crippen LogP contribution in [0.4, 0.5) is 0 Å². The quantitative estimate of drug-likeness (QED) is 0.614. The number of hydrogen-bond acceptors (Lipinski definition) is 1. The molecule has 20 heavy (non-hydrogen) atoms. The molecule has 0 saturated heterocycles. The summed E-state index contributed by atoms with van der Waals surface area (Å²) in [4.78, 5) is 4.39. The molecule has 0 bridgehead atoms. The number of benzene rings is 2. The fourth-order valence-electron chi connectivity index (χ4n) is 2.22. The Balaban J connectivity index is 2.04. The maximum Gasteiger partial charge on any atom is 0.0705 e. The van der Waals surface area contributed by atoms with Gasteiger partial charge in [0.1, 0.15) is 0 Å². The van der Waals surface area contributed by atoms with Crippen LogP contribution in [0.15, 0.2) is 66.9 Å². The van der Waals surface area contributed by atoms with Gasteiger partial charge >= 0.3 is 0 Å². The number of halogens is 1. The fourth-order valence-corrected chi connectivity index (χ4v) is 2.51. The van der Waals surface area contributed by atoms with Gasteiger partial charge in [0.15, 0.2) is 0 Å². The molecule has 0 atom stereocenters. The van der Waals surface area contributed by atoms with Crippen molar-refractivity contribution in [2.75, 3.05) is 0 Å². The highest BCUT2D eigenvalue weighted by molar-refractivity contribution is 6.33. The lowest BCUT2D eigenvalue weighted by Gasteiger charge is -2.07. The standard InChI is InChI=1S/C18H14ClN/c1-13-9-10-20-18(11-13)15-7-8-16(17(19)12-15)14-5-3-2-4-6-14/h2-12H,1H3. The van der Waals surface area contributed by atoms with E-state index in [1.807, 2.05) is 36.5 Å². The molecule has 0 aliphatic rings. The molecular weight excluding hydrogens is 266 g/mol. The maximum atomic E-state index is 6.43. The van der Waals surface area contributed by atoms with Crippen molar-refractivity contribution in [2.24, 2.45) is 0 Å². The van der Waals surface area contributed by atoms with E-state index in [1.165, 1.54) is 5.56 Å². The second-order valence-corrected chi connectivity index (χ2v) is 5.19. The van der Waals surface area contributed by atoms with Crippen molar-refractivity contribution >= 4 is 11.6 Å². The van der Waals surface area contributed by atoms with Gasteiger partial charge in [-0.1, -0.05) is 54.1 Å². The van der Waals surface area contributed by atoms with E-state index in [0.29, 0.717) is 0 Å². The topological polar surface area (TPSA) is 12.9 Å². The monoisotopic (exact) mass is 279 g/mol. The first-order chi connectivity index (χ1) is 9.74. The van der Waals surface area contributed by atoms with Gasteiger partial charge in [-0.15, -0.1) is 0 Å². The Morgan fingerprint density at radius 2 is 1.65 bits per heavy atom. The van der Waals surface area contributed by atoms with Crippen molar-refractivity contribution in [3.8, 4) is 22.4 Å². The number of rotatable bonds is 2. The van der Waals surface area contributed by atoms with Crippen molar-refractivity contribution in [1.29, 1.82) is 0 Å². The van der Waals surface area contributed by atoms with Crippen LogP contribution >= 0.6 is 11.6 Å². The summed E-state index contributed by atoms with van der Waals surface area (Å²) in [5.41, 5.74) is 5.35. The number of hydrogen-bond donors (Lipinski definition) is 0. The van der Waals surface area contributed by atoms with Crippen LogP contribution in [0.1, 0.15) is 5.56 Å². The zero-order chi connectivity index (χ0) is 13.9. The molecule has 3 rings (SSSR count). The molecule has 2 aromatic carbocycles. The fraction of sp³-hybridized carbons (Fsp3) is 0.0556. The third kappa shape index (κ3) is 2.59. The lowest BCUT2D eigenvalue weighted by atomic mass is 10.0. The first-order valence-electron chi connectivity index (χ1n) is 6.52. The molecule has 0 amide bonds. The molecule has 1 aromatic heterocycles. The van der Waals surface area contributed by atoms with E-state index in [4.69, 9.17) is 11.6 Å². The largest absolute Gasteiger partial charge is 0.256 e. The van der Waals surface area contributed by atoms with E-state index in [0.717, 1.165) is 27.4 Å². The van der Waals surface area contributed by atoms with E-state index in [9.17, 15) is 0 Å². The van der Waals surface area contributed by atoms with Crippen LogP contribution < -0.4 is 0 Å². The number of nitrogens with zero attached hydrogens (tertiary/aromatic N) is 1. The molecule has 0 N–H and O–H groups in total. The molecule has 1 heterocycles. The highest BCUT2D eigenvalue weighted by atomic mass is 35.5. The summed E-state index contributed by atoms with van der Waals surface area (Å²) in [6, 6.07) is 20.3. The Morgan fingerprint density at radius 1 is 0.850 bits per heavy atom. The van der Waals surface area contributed by atoms with Crippen LogP contribution in [0.2, 0.25) is 5.02 Å². The minimum Gasteiger partial charge on any atom is -0.256 e. The van der Waals surface area contributed by atoms with Crippen LogP contribution in [0, 0.1) is 6.92 Å². The number of aryl methyl sites for hydroxylation is 1. The normalized spacial score (nSPS) is 10.5. The van der Waals surface area contributed by atoms with E-state index < -0.39 is 0 Å². The second-order valence-electron chi connectivity index (χ2n) is 4.78. The molecule has 98 valence electrons. The van der Waals surface area contributed by atoms with E-state index >= 15 is 0 Å². The highest BCUT2D eigenvalue weighted by Gasteiger charge is 2.06. The Morgan fingerprint density at radius 3 is 2.35 bits per heavy atom. The van der Waals surface area contributed by atoms with Gasteiger partial charge in [-0.3, -0.25) is 4.98 Å². The second kappa shape index (κ2) is 5.48. The van der Waals surface area contributed by atoms with Gasteiger partial charge in [-0.25, -0.2) is 0 Å². The van der Waals surface area contributed by atoms with Gasteiger partial charge in [0, 0.05) is 22.3 Å². The highest BCUT2D eigenvalue weighted by Crippen LogP contribution is 2.31. The molecule has 0 fully saturated rings. The lowest BCUT2D eigenvalue weighted by molar-refractivity contribution is 1.29. The van der Waals surface area contributed by atoms with Gasteiger partial charge < -0.3 is 0 Å². The van der Waals surface area contributed by atoms with Crippen LogP contribution in [0.3, 0.4) is 0 Å². The minimum atomic E-state index is 0.747. The van der Waals surface area contributed by atoms with Gasteiger partial charge in [0.05, 0.1) is 5.69 Å². The molecular formula is C18H14ClN. The molecule has 3 aromatic rings. The van der Waals surface area contributed by atoms with Crippen molar-refractivity contribution in [1.82, 2.24) is 4.98 Å². The summed E-state index contributed by atoms with van der Waals surface area (Å²) in [6.07, 6.45) is 1.82. The molecule has 0 saturated carbocycles. The van der Waals surface area contributed by atoms with Crippen LogP contribution in [0.25, 0.3) is 22.4 Å². The Bertz CT molecular complexity index is 735. The van der Waals surface area contributed by atoms with Gasteiger partial charge in [0.25, 0.3) is 0 Å². The lowest BCUT2D eigenvalue weighted by Crippen LogP contribution is -1.86. The van der Waals surface area contributed by atoms with E-state index in [1.54, 1.807) is 0 Å².